The molecule has 0 amide bonds. The highest BCUT2D eigenvalue weighted by atomic mass is 32.1. The lowest BCUT2D eigenvalue weighted by molar-refractivity contribution is 0.478. The molecule has 5 nitrogen and oxygen atoms in total. The summed E-state index contributed by atoms with van der Waals surface area (Å²) in [5.41, 5.74) is 6.05. The monoisotopic (exact) mass is 262 g/mol. The van der Waals surface area contributed by atoms with Crippen molar-refractivity contribution in [2.75, 3.05) is 0 Å². The highest BCUT2D eigenvalue weighted by molar-refractivity contribution is 7.80. The Morgan fingerprint density at radius 2 is 2.22 bits per heavy atom. The lowest BCUT2D eigenvalue weighted by Gasteiger charge is -2.03. The smallest absolute Gasteiger partial charge is 0.165 e. The van der Waals surface area contributed by atoms with Crippen LogP contribution in [0, 0.1) is 0 Å². The molecule has 0 saturated carbocycles. The molecule has 18 heavy (non-hydrogen) atoms. The van der Waals surface area contributed by atoms with Crippen molar-refractivity contribution in [2.45, 2.75) is 19.9 Å². The Labute approximate surface area is 111 Å². The minimum absolute atomic E-state index is 0.275. The van der Waals surface area contributed by atoms with E-state index in [0.29, 0.717) is 17.2 Å². The summed E-state index contributed by atoms with van der Waals surface area (Å²) in [6.07, 6.45) is 6.15. The molecule has 0 saturated heterocycles. The zero-order valence-corrected chi connectivity index (χ0v) is 10.9. The number of thiocarbonyl (C=S) groups is 1. The number of aryl methyl sites for hydroxylation is 1. The van der Waals surface area contributed by atoms with E-state index in [0.717, 1.165) is 13.0 Å². The summed E-state index contributed by atoms with van der Waals surface area (Å²) in [5.74, 6) is 1.32. The quantitative estimate of drug-likeness (QED) is 0.836. The predicted octanol–water partition coefficient (Wildman–Crippen LogP) is 2.11. The molecule has 2 heterocycles. The Morgan fingerprint density at radius 1 is 1.39 bits per heavy atom. The Morgan fingerprint density at radius 3 is 2.83 bits per heavy atom. The van der Waals surface area contributed by atoms with Crippen LogP contribution in [0.15, 0.2) is 30.7 Å². The van der Waals surface area contributed by atoms with E-state index in [1.54, 1.807) is 24.5 Å². The molecule has 0 radical (unpaired) electrons. The standard InChI is InChI=1S/C12H14N4OS/c1-2-5-16-8-10(7-15-16)17-9-3-4-11(12(13)18)14-6-9/h3-4,6-8H,2,5H2,1H3,(H2,13,18). The summed E-state index contributed by atoms with van der Waals surface area (Å²) in [6.45, 7) is 2.97. The second kappa shape index (κ2) is 5.59. The van der Waals surface area contributed by atoms with Gasteiger partial charge in [-0.25, -0.2) is 4.98 Å². The summed E-state index contributed by atoms with van der Waals surface area (Å²) in [4.78, 5) is 4.37. The second-order valence-corrected chi connectivity index (χ2v) is 4.22. The number of hydrogen-bond donors (Lipinski definition) is 1. The lowest BCUT2D eigenvalue weighted by atomic mass is 10.3. The molecule has 0 fully saturated rings. The van der Waals surface area contributed by atoms with Gasteiger partial charge in [0.25, 0.3) is 0 Å². The van der Waals surface area contributed by atoms with E-state index in [2.05, 4.69) is 17.0 Å². The van der Waals surface area contributed by atoms with Gasteiger partial charge in [-0.2, -0.15) is 5.10 Å². The largest absolute Gasteiger partial charge is 0.452 e. The fourth-order valence-electron chi connectivity index (χ4n) is 1.47. The van der Waals surface area contributed by atoms with Gasteiger partial charge in [0.05, 0.1) is 24.3 Å². The van der Waals surface area contributed by atoms with Crippen LogP contribution < -0.4 is 10.5 Å². The summed E-state index contributed by atoms with van der Waals surface area (Å²) in [6, 6.07) is 3.51. The van der Waals surface area contributed by atoms with Gasteiger partial charge in [-0.1, -0.05) is 19.1 Å². The van der Waals surface area contributed by atoms with Gasteiger partial charge < -0.3 is 10.5 Å². The van der Waals surface area contributed by atoms with Crippen LogP contribution in [0.3, 0.4) is 0 Å². The lowest BCUT2D eigenvalue weighted by Crippen LogP contribution is -2.10. The Hall–Kier alpha value is -1.95. The van der Waals surface area contributed by atoms with E-state index in [1.807, 2.05) is 10.9 Å². The molecule has 2 N–H and O–H groups in total. The third kappa shape index (κ3) is 3.04. The number of pyridine rings is 1. The molecular weight excluding hydrogens is 248 g/mol. The zero-order valence-electron chi connectivity index (χ0n) is 10.0. The van der Waals surface area contributed by atoms with Gasteiger partial charge in [-0.15, -0.1) is 0 Å². The van der Waals surface area contributed by atoms with E-state index >= 15 is 0 Å². The molecule has 2 aromatic rings. The summed E-state index contributed by atoms with van der Waals surface area (Å²) in [7, 11) is 0. The fraction of sp³-hybridized carbons (Fsp3) is 0.250. The van der Waals surface area contributed by atoms with Gasteiger partial charge in [0, 0.05) is 6.54 Å². The summed E-state index contributed by atoms with van der Waals surface area (Å²) < 4.78 is 7.45. The topological polar surface area (TPSA) is 66.0 Å². The third-order valence-electron chi connectivity index (χ3n) is 2.29. The van der Waals surface area contributed by atoms with Crippen molar-refractivity contribution < 1.29 is 4.74 Å². The van der Waals surface area contributed by atoms with Gasteiger partial charge in [0.15, 0.2) is 5.75 Å². The molecule has 0 aliphatic carbocycles. The first-order valence-corrected chi connectivity index (χ1v) is 6.06. The van der Waals surface area contributed by atoms with Crippen LogP contribution in [0.5, 0.6) is 11.5 Å². The average Bonchev–Trinajstić information content (AvgIpc) is 2.78. The molecule has 94 valence electrons. The van der Waals surface area contributed by atoms with E-state index in [-0.39, 0.29) is 4.99 Å². The molecule has 0 atom stereocenters. The molecule has 2 rings (SSSR count). The first-order valence-electron chi connectivity index (χ1n) is 5.65. The maximum Gasteiger partial charge on any atom is 0.165 e. The fourth-order valence-corrected chi connectivity index (χ4v) is 1.59. The van der Waals surface area contributed by atoms with E-state index in [4.69, 9.17) is 22.7 Å². The predicted molar refractivity (Wildman–Crippen MR) is 72.7 cm³/mol. The number of nitrogens with zero attached hydrogens (tertiary/aromatic N) is 3. The number of nitrogens with two attached hydrogens (primary N) is 1. The summed E-state index contributed by atoms with van der Waals surface area (Å²) >= 11 is 4.83. The van der Waals surface area contributed by atoms with Gasteiger partial charge in [-0.3, -0.25) is 4.68 Å². The molecule has 0 bridgehead atoms. The van der Waals surface area contributed by atoms with Crippen LogP contribution in [0.1, 0.15) is 19.0 Å². The average molecular weight is 262 g/mol. The molecule has 0 aromatic carbocycles. The summed E-state index contributed by atoms with van der Waals surface area (Å²) in [5, 5.41) is 4.18. The number of hydrogen-bond acceptors (Lipinski definition) is 4. The van der Waals surface area contributed by atoms with Crippen molar-refractivity contribution in [3.05, 3.63) is 36.4 Å². The molecule has 0 spiro atoms. The molecule has 6 heteroatoms. The number of rotatable bonds is 5. The maximum absolute atomic E-state index is 5.61. The van der Waals surface area contributed by atoms with Crippen molar-refractivity contribution >= 4 is 17.2 Å². The molecule has 2 aromatic heterocycles. The van der Waals surface area contributed by atoms with Crippen LogP contribution >= 0.6 is 12.2 Å². The first kappa shape index (κ1) is 12.5. The molecular formula is C12H14N4OS. The zero-order chi connectivity index (χ0) is 13.0. The van der Waals surface area contributed by atoms with Crippen molar-refractivity contribution in [1.82, 2.24) is 14.8 Å². The van der Waals surface area contributed by atoms with Crippen LogP contribution in [0.4, 0.5) is 0 Å². The van der Waals surface area contributed by atoms with Gasteiger partial charge in [-0.05, 0) is 18.6 Å². The molecule has 0 aliphatic heterocycles. The van der Waals surface area contributed by atoms with E-state index in [1.165, 1.54) is 0 Å². The van der Waals surface area contributed by atoms with Crippen molar-refractivity contribution in [3.63, 3.8) is 0 Å². The van der Waals surface area contributed by atoms with Crippen molar-refractivity contribution in [1.29, 1.82) is 0 Å². The minimum Gasteiger partial charge on any atom is -0.452 e. The van der Waals surface area contributed by atoms with Crippen molar-refractivity contribution in [3.8, 4) is 11.5 Å². The van der Waals surface area contributed by atoms with Gasteiger partial charge in [0.2, 0.25) is 0 Å². The molecule has 0 aliphatic rings. The third-order valence-corrected chi connectivity index (χ3v) is 2.50. The highest BCUT2D eigenvalue weighted by Gasteiger charge is 2.03. The maximum atomic E-state index is 5.61. The van der Waals surface area contributed by atoms with Crippen LogP contribution in [0.25, 0.3) is 0 Å². The highest BCUT2D eigenvalue weighted by Crippen LogP contribution is 2.19. The van der Waals surface area contributed by atoms with Gasteiger partial charge >= 0.3 is 0 Å². The van der Waals surface area contributed by atoms with Crippen molar-refractivity contribution in [2.24, 2.45) is 5.73 Å². The normalized spacial score (nSPS) is 10.3. The van der Waals surface area contributed by atoms with Crippen LogP contribution in [-0.2, 0) is 6.54 Å². The van der Waals surface area contributed by atoms with E-state index in [9.17, 15) is 0 Å². The SMILES string of the molecule is CCCn1cc(Oc2ccc(C(N)=S)nc2)cn1. The van der Waals surface area contributed by atoms with E-state index < -0.39 is 0 Å². The Bertz CT molecular complexity index is 535. The minimum atomic E-state index is 0.275. The number of ether oxygens (including phenoxy) is 1. The van der Waals surface area contributed by atoms with Crippen LogP contribution in [-0.4, -0.2) is 19.8 Å². The molecule has 0 unspecified atom stereocenters. The number of aromatic nitrogens is 3. The van der Waals surface area contributed by atoms with Crippen LogP contribution in [0.2, 0.25) is 0 Å². The Balaban J connectivity index is 2.06. The first-order chi connectivity index (χ1) is 8.69. The Kier molecular flexibility index (Phi) is 3.88. The second-order valence-electron chi connectivity index (χ2n) is 3.78. The van der Waals surface area contributed by atoms with Gasteiger partial charge in [0.1, 0.15) is 10.7 Å².